The molecule has 0 unspecified atom stereocenters. The van der Waals surface area contributed by atoms with Gasteiger partial charge in [0.15, 0.2) is 16.6 Å². The van der Waals surface area contributed by atoms with Crippen LogP contribution in [0.3, 0.4) is 0 Å². The molecule has 1 aromatic carbocycles. The molecule has 0 atom stereocenters. The molecule has 22 heavy (non-hydrogen) atoms. The first kappa shape index (κ1) is 14.7. The number of benzene rings is 1. The summed E-state index contributed by atoms with van der Waals surface area (Å²) in [5, 5.41) is 6.92. The topological polar surface area (TPSA) is 55.7 Å². The lowest BCUT2D eigenvalue weighted by atomic mass is 10.2. The van der Waals surface area contributed by atoms with Gasteiger partial charge in [-0.2, -0.15) is 0 Å². The minimum atomic E-state index is 0.575. The van der Waals surface area contributed by atoms with Gasteiger partial charge in [0.1, 0.15) is 19.0 Å². The fraction of sp³-hybridized carbons (Fsp3) is 0.312. The van der Waals surface area contributed by atoms with Crippen LogP contribution in [0.2, 0.25) is 0 Å². The molecule has 0 radical (unpaired) electrons. The summed E-state index contributed by atoms with van der Waals surface area (Å²) in [5.41, 5.74) is 0.882. The third-order valence-corrected chi connectivity index (χ3v) is 3.51. The predicted octanol–water partition coefficient (Wildman–Crippen LogP) is 2.97. The zero-order valence-electron chi connectivity index (χ0n) is 12.1. The van der Waals surface area contributed by atoms with Crippen LogP contribution in [0.1, 0.15) is 12.2 Å². The second kappa shape index (κ2) is 7.17. The highest BCUT2D eigenvalue weighted by molar-refractivity contribution is 7.80. The standard InChI is InChI=1S/C16H18N2O3S/c22-16(17-7-1-3-13-4-2-8-19-13)18-12-5-6-14-15(11-12)21-10-9-20-14/h2,4-6,8,11H,1,3,7,9-10H2,(H2,17,18,22). The number of nitrogens with one attached hydrogen (secondary N) is 2. The molecular weight excluding hydrogens is 300 g/mol. The first-order chi connectivity index (χ1) is 10.8. The van der Waals surface area contributed by atoms with Gasteiger partial charge in [-0.15, -0.1) is 0 Å². The molecule has 2 aromatic rings. The molecule has 6 heteroatoms. The average Bonchev–Trinajstić information content (AvgIpc) is 3.05. The maximum atomic E-state index is 5.55. The van der Waals surface area contributed by atoms with E-state index in [1.807, 2.05) is 30.3 Å². The van der Waals surface area contributed by atoms with E-state index in [-0.39, 0.29) is 0 Å². The highest BCUT2D eigenvalue weighted by Crippen LogP contribution is 2.32. The van der Waals surface area contributed by atoms with Crippen LogP contribution in [0.5, 0.6) is 11.5 Å². The van der Waals surface area contributed by atoms with E-state index in [0.29, 0.717) is 18.3 Å². The molecule has 0 amide bonds. The van der Waals surface area contributed by atoms with E-state index in [9.17, 15) is 0 Å². The van der Waals surface area contributed by atoms with Gasteiger partial charge in [0.05, 0.1) is 6.26 Å². The van der Waals surface area contributed by atoms with Gasteiger partial charge >= 0.3 is 0 Å². The normalized spacial score (nSPS) is 12.7. The van der Waals surface area contributed by atoms with Crippen LogP contribution >= 0.6 is 12.2 Å². The van der Waals surface area contributed by atoms with Crippen molar-refractivity contribution in [1.82, 2.24) is 5.32 Å². The Hall–Kier alpha value is -2.21. The van der Waals surface area contributed by atoms with Gasteiger partial charge in [-0.25, -0.2) is 0 Å². The highest BCUT2D eigenvalue weighted by Gasteiger charge is 2.11. The van der Waals surface area contributed by atoms with Crippen LogP contribution < -0.4 is 20.1 Å². The number of furan rings is 1. The summed E-state index contributed by atoms with van der Waals surface area (Å²) >= 11 is 5.29. The second-order valence-corrected chi connectivity index (χ2v) is 5.33. The van der Waals surface area contributed by atoms with Crippen molar-refractivity contribution in [2.45, 2.75) is 12.8 Å². The molecule has 3 rings (SSSR count). The van der Waals surface area contributed by atoms with Gasteiger partial charge < -0.3 is 24.5 Å². The van der Waals surface area contributed by atoms with Crippen LogP contribution in [0.25, 0.3) is 0 Å². The van der Waals surface area contributed by atoms with Crippen molar-refractivity contribution < 1.29 is 13.9 Å². The predicted molar refractivity (Wildman–Crippen MR) is 88.7 cm³/mol. The Kier molecular flexibility index (Phi) is 4.80. The Morgan fingerprint density at radius 2 is 2.00 bits per heavy atom. The van der Waals surface area contributed by atoms with E-state index in [1.165, 1.54) is 0 Å². The number of aryl methyl sites for hydroxylation is 1. The smallest absolute Gasteiger partial charge is 0.170 e. The number of anilines is 1. The third kappa shape index (κ3) is 3.92. The van der Waals surface area contributed by atoms with E-state index in [2.05, 4.69) is 10.6 Å². The zero-order valence-corrected chi connectivity index (χ0v) is 12.9. The van der Waals surface area contributed by atoms with Crippen molar-refractivity contribution in [1.29, 1.82) is 0 Å². The van der Waals surface area contributed by atoms with Gasteiger partial charge in [0, 0.05) is 24.7 Å². The maximum absolute atomic E-state index is 5.55. The molecule has 0 aliphatic carbocycles. The van der Waals surface area contributed by atoms with Gasteiger partial charge in [-0.1, -0.05) is 0 Å². The average molecular weight is 318 g/mol. The SMILES string of the molecule is S=C(NCCCc1ccco1)Nc1ccc2c(c1)OCCO2. The first-order valence-corrected chi connectivity index (χ1v) is 7.69. The lowest BCUT2D eigenvalue weighted by Crippen LogP contribution is -2.29. The lowest BCUT2D eigenvalue weighted by Gasteiger charge is -2.19. The van der Waals surface area contributed by atoms with Crippen molar-refractivity contribution in [3.63, 3.8) is 0 Å². The summed E-state index contributed by atoms with van der Waals surface area (Å²) in [6.07, 6.45) is 3.54. The molecular formula is C16H18N2O3S. The van der Waals surface area contributed by atoms with E-state index in [0.717, 1.165) is 42.3 Å². The molecule has 2 N–H and O–H groups in total. The second-order valence-electron chi connectivity index (χ2n) is 4.92. The van der Waals surface area contributed by atoms with E-state index in [1.54, 1.807) is 6.26 Å². The monoisotopic (exact) mass is 318 g/mol. The molecule has 116 valence electrons. The largest absolute Gasteiger partial charge is 0.486 e. The molecule has 1 aromatic heterocycles. The number of hydrogen-bond donors (Lipinski definition) is 2. The van der Waals surface area contributed by atoms with Gasteiger partial charge in [0.25, 0.3) is 0 Å². The summed E-state index contributed by atoms with van der Waals surface area (Å²) in [7, 11) is 0. The van der Waals surface area contributed by atoms with Crippen molar-refractivity contribution in [2.24, 2.45) is 0 Å². The minimum Gasteiger partial charge on any atom is -0.486 e. The Bertz CT molecular complexity index is 628. The molecule has 1 aliphatic heterocycles. The van der Waals surface area contributed by atoms with Crippen LogP contribution in [0, 0.1) is 0 Å². The summed E-state index contributed by atoms with van der Waals surface area (Å²) < 4.78 is 16.3. The van der Waals surface area contributed by atoms with E-state index < -0.39 is 0 Å². The van der Waals surface area contributed by atoms with Crippen LogP contribution in [0.4, 0.5) is 5.69 Å². The number of ether oxygens (including phenoxy) is 2. The number of rotatable bonds is 5. The third-order valence-electron chi connectivity index (χ3n) is 3.27. The van der Waals surface area contributed by atoms with E-state index >= 15 is 0 Å². The summed E-state index contributed by atoms with van der Waals surface area (Å²) in [4.78, 5) is 0. The molecule has 0 spiro atoms. The molecule has 2 heterocycles. The van der Waals surface area contributed by atoms with Gasteiger partial charge in [-0.3, -0.25) is 0 Å². The molecule has 0 fully saturated rings. The minimum absolute atomic E-state index is 0.575. The number of fused-ring (bicyclic) bond motifs is 1. The number of hydrogen-bond acceptors (Lipinski definition) is 4. The highest BCUT2D eigenvalue weighted by atomic mass is 32.1. The maximum Gasteiger partial charge on any atom is 0.170 e. The quantitative estimate of drug-likeness (QED) is 0.653. The summed E-state index contributed by atoms with van der Waals surface area (Å²) in [5.74, 6) is 2.51. The van der Waals surface area contributed by atoms with Crippen LogP contribution in [0.15, 0.2) is 41.0 Å². The Morgan fingerprint density at radius 3 is 2.82 bits per heavy atom. The van der Waals surface area contributed by atoms with Crippen molar-refractivity contribution in [2.75, 3.05) is 25.1 Å². The molecule has 5 nitrogen and oxygen atoms in total. The fourth-order valence-electron chi connectivity index (χ4n) is 2.22. The van der Waals surface area contributed by atoms with Crippen molar-refractivity contribution >= 4 is 23.0 Å². The zero-order chi connectivity index (χ0) is 15.2. The van der Waals surface area contributed by atoms with Crippen LogP contribution in [-0.4, -0.2) is 24.9 Å². The first-order valence-electron chi connectivity index (χ1n) is 7.28. The van der Waals surface area contributed by atoms with Gasteiger partial charge in [-0.05, 0) is 42.9 Å². The molecule has 0 saturated carbocycles. The van der Waals surface area contributed by atoms with Crippen molar-refractivity contribution in [3.8, 4) is 11.5 Å². The molecule has 1 aliphatic rings. The molecule has 0 saturated heterocycles. The Morgan fingerprint density at radius 1 is 1.14 bits per heavy atom. The summed E-state index contributed by atoms with van der Waals surface area (Å²) in [6, 6.07) is 9.58. The Balaban J connectivity index is 1.43. The van der Waals surface area contributed by atoms with Gasteiger partial charge in [0.2, 0.25) is 0 Å². The van der Waals surface area contributed by atoms with Crippen molar-refractivity contribution in [3.05, 3.63) is 42.4 Å². The van der Waals surface area contributed by atoms with E-state index in [4.69, 9.17) is 26.1 Å². The summed E-state index contributed by atoms with van der Waals surface area (Å²) in [6.45, 7) is 1.96. The number of thiocarbonyl (C=S) groups is 1. The fourth-order valence-corrected chi connectivity index (χ4v) is 2.44. The Labute approximate surface area is 134 Å². The van der Waals surface area contributed by atoms with Crippen LogP contribution in [-0.2, 0) is 6.42 Å². The molecule has 0 bridgehead atoms. The lowest BCUT2D eigenvalue weighted by molar-refractivity contribution is 0.171.